The first-order chi connectivity index (χ1) is 12.6. The molecule has 0 bridgehead atoms. The lowest BCUT2D eigenvalue weighted by atomic mass is 10.1. The van der Waals surface area contributed by atoms with E-state index in [0.717, 1.165) is 4.47 Å². The number of rotatable bonds is 6. The number of hydrogen-bond donors (Lipinski definition) is 0. The number of para-hydroxylation sites is 2. The smallest absolute Gasteiger partial charge is 0.223 e. The molecule has 130 valence electrons. The molecule has 0 N–H and O–H groups in total. The Kier molecular flexibility index (Phi) is 5.40. The van der Waals surface area contributed by atoms with Crippen molar-refractivity contribution in [3.8, 4) is 18.1 Å². The van der Waals surface area contributed by atoms with E-state index in [1.54, 1.807) is 36.4 Å². The van der Waals surface area contributed by atoms with Gasteiger partial charge in [0, 0.05) is 28.0 Å². The number of ether oxygens (including phenoxy) is 1. The molecule has 0 spiro atoms. The van der Waals surface area contributed by atoms with Crippen molar-refractivity contribution < 1.29 is 19.1 Å². The summed E-state index contributed by atoms with van der Waals surface area (Å²) in [5.74, 6) is 1.91. The number of terminal acetylenes is 1. The summed E-state index contributed by atoms with van der Waals surface area (Å²) >= 11 is 3.40. The van der Waals surface area contributed by atoms with Crippen molar-refractivity contribution in [2.75, 3.05) is 6.61 Å². The molecule has 0 atom stereocenters. The van der Waals surface area contributed by atoms with Crippen LogP contribution in [0.3, 0.4) is 0 Å². The number of nitrogens with zero attached hydrogens (tertiary/aromatic N) is 1. The van der Waals surface area contributed by atoms with Gasteiger partial charge < -0.3 is 19.1 Å². The lowest BCUT2D eigenvalue weighted by molar-refractivity contribution is -0.304. The Hall–Kier alpha value is -3.04. The van der Waals surface area contributed by atoms with E-state index < -0.39 is 5.97 Å². The number of halogens is 1. The third-order valence-electron chi connectivity index (χ3n) is 3.52. The van der Waals surface area contributed by atoms with Crippen LogP contribution in [0.2, 0.25) is 0 Å². The monoisotopic (exact) mass is 410 g/mol. The molecule has 0 unspecified atom stereocenters. The second-order valence-corrected chi connectivity index (χ2v) is 6.30. The molecule has 0 amide bonds. The van der Waals surface area contributed by atoms with Crippen molar-refractivity contribution in [1.82, 2.24) is 4.98 Å². The van der Waals surface area contributed by atoms with E-state index in [1.807, 2.05) is 12.1 Å². The zero-order chi connectivity index (χ0) is 18.5. The summed E-state index contributed by atoms with van der Waals surface area (Å²) in [6, 6.07) is 12.6. The first kappa shape index (κ1) is 17.8. The maximum atomic E-state index is 11.2. The van der Waals surface area contributed by atoms with Crippen molar-refractivity contribution in [1.29, 1.82) is 0 Å². The van der Waals surface area contributed by atoms with Gasteiger partial charge in [-0.2, -0.15) is 0 Å². The Morgan fingerprint density at radius 3 is 2.88 bits per heavy atom. The molecule has 0 fully saturated rings. The molecule has 0 radical (unpaired) electrons. The molecule has 2 aromatic carbocycles. The molecule has 1 heterocycles. The number of fused-ring (bicyclic) bond motifs is 1. The van der Waals surface area contributed by atoms with Crippen LogP contribution in [0.5, 0.6) is 5.75 Å². The molecule has 26 heavy (non-hydrogen) atoms. The number of carboxylic acid groups (broad SMARTS) is 1. The highest BCUT2D eigenvalue weighted by atomic mass is 79.9. The van der Waals surface area contributed by atoms with Crippen LogP contribution in [0.25, 0.3) is 22.7 Å². The summed E-state index contributed by atoms with van der Waals surface area (Å²) in [4.78, 5) is 15.6. The Labute approximate surface area is 158 Å². The summed E-state index contributed by atoms with van der Waals surface area (Å²) in [6.07, 6.45) is 6.54. The molecule has 0 aliphatic carbocycles. The van der Waals surface area contributed by atoms with Gasteiger partial charge in [-0.05, 0) is 36.4 Å². The fourth-order valence-corrected chi connectivity index (χ4v) is 2.80. The summed E-state index contributed by atoms with van der Waals surface area (Å²) in [5.41, 5.74) is 2.23. The van der Waals surface area contributed by atoms with E-state index in [9.17, 15) is 9.90 Å². The van der Waals surface area contributed by atoms with Gasteiger partial charge in [-0.15, -0.1) is 6.42 Å². The SMILES string of the molecule is C#CCOc1ccc(Br)cc1/C=C(\CC(=O)[O-])c1nc2ccccc2o1. The summed E-state index contributed by atoms with van der Waals surface area (Å²) in [5, 5.41) is 11.2. The van der Waals surface area contributed by atoms with Crippen molar-refractivity contribution in [3.05, 3.63) is 58.4 Å². The van der Waals surface area contributed by atoms with Gasteiger partial charge in [-0.25, -0.2) is 4.98 Å². The Bertz CT molecular complexity index is 997. The predicted molar refractivity (Wildman–Crippen MR) is 100.0 cm³/mol. The molecular formula is C20H13BrNO4-. The van der Waals surface area contributed by atoms with E-state index in [-0.39, 0.29) is 18.9 Å². The Balaban J connectivity index is 2.09. The van der Waals surface area contributed by atoms with Crippen LogP contribution in [0.1, 0.15) is 17.9 Å². The Morgan fingerprint density at radius 2 is 2.15 bits per heavy atom. The average Bonchev–Trinajstić information content (AvgIpc) is 3.04. The highest BCUT2D eigenvalue weighted by molar-refractivity contribution is 9.10. The number of carbonyl (C=O) groups is 1. The molecule has 3 aromatic rings. The molecule has 3 rings (SSSR count). The third-order valence-corrected chi connectivity index (χ3v) is 4.01. The van der Waals surface area contributed by atoms with Crippen molar-refractivity contribution in [2.24, 2.45) is 0 Å². The third kappa shape index (κ3) is 4.13. The lowest BCUT2D eigenvalue weighted by Gasteiger charge is -2.10. The van der Waals surface area contributed by atoms with Gasteiger partial charge >= 0.3 is 0 Å². The van der Waals surface area contributed by atoms with Gasteiger partial charge in [0.05, 0.1) is 0 Å². The van der Waals surface area contributed by atoms with E-state index >= 15 is 0 Å². The number of hydrogen-bond acceptors (Lipinski definition) is 5. The fourth-order valence-electron chi connectivity index (χ4n) is 2.42. The van der Waals surface area contributed by atoms with E-state index in [4.69, 9.17) is 15.6 Å². The first-order valence-corrected chi connectivity index (χ1v) is 8.48. The number of oxazole rings is 1. The number of benzene rings is 2. The second-order valence-electron chi connectivity index (χ2n) is 5.38. The van der Waals surface area contributed by atoms with Gasteiger partial charge in [-0.3, -0.25) is 0 Å². The molecule has 6 heteroatoms. The zero-order valence-electron chi connectivity index (χ0n) is 13.6. The maximum absolute atomic E-state index is 11.2. The predicted octanol–water partition coefficient (Wildman–Crippen LogP) is 3.28. The van der Waals surface area contributed by atoms with Gasteiger partial charge in [-0.1, -0.05) is 34.0 Å². The number of aromatic nitrogens is 1. The molecule has 0 saturated carbocycles. The average molecular weight is 411 g/mol. The second kappa shape index (κ2) is 7.89. The molecule has 0 aliphatic rings. The lowest BCUT2D eigenvalue weighted by Crippen LogP contribution is -2.22. The minimum absolute atomic E-state index is 0.0984. The standard InChI is InChI=1S/C20H14BrNO4/c1-2-9-25-17-8-7-15(21)11-13(17)10-14(12-19(23)24)20-22-16-5-3-4-6-18(16)26-20/h1,3-8,10-11H,9,12H2,(H,23,24)/p-1/b14-10+. The van der Waals surface area contributed by atoms with Crippen LogP contribution in [0, 0.1) is 12.3 Å². The number of carboxylic acids is 1. The van der Waals surface area contributed by atoms with Crippen LogP contribution >= 0.6 is 15.9 Å². The zero-order valence-corrected chi connectivity index (χ0v) is 15.2. The minimum Gasteiger partial charge on any atom is -0.550 e. The topological polar surface area (TPSA) is 75.4 Å². The van der Waals surface area contributed by atoms with Crippen molar-refractivity contribution >= 4 is 44.6 Å². The van der Waals surface area contributed by atoms with Gasteiger partial charge in [0.1, 0.15) is 17.9 Å². The van der Waals surface area contributed by atoms with Gasteiger partial charge in [0.25, 0.3) is 0 Å². The normalized spacial score (nSPS) is 11.3. The highest BCUT2D eigenvalue weighted by Gasteiger charge is 2.13. The van der Waals surface area contributed by atoms with E-state index in [2.05, 4.69) is 26.8 Å². The van der Waals surface area contributed by atoms with Crippen molar-refractivity contribution in [2.45, 2.75) is 6.42 Å². The van der Waals surface area contributed by atoms with E-state index in [1.165, 1.54) is 0 Å². The van der Waals surface area contributed by atoms with Crippen LogP contribution < -0.4 is 9.84 Å². The number of carbonyl (C=O) groups excluding carboxylic acids is 1. The van der Waals surface area contributed by atoms with Gasteiger partial charge in [0.2, 0.25) is 5.89 Å². The molecule has 5 nitrogen and oxygen atoms in total. The molecule has 0 saturated heterocycles. The van der Waals surface area contributed by atoms with Crippen LogP contribution in [-0.4, -0.2) is 17.6 Å². The summed E-state index contributed by atoms with van der Waals surface area (Å²) < 4.78 is 12.0. The van der Waals surface area contributed by atoms with Crippen molar-refractivity contribution in [3.63, 3.8) is 0 Å². The quantitative estimate of drug-likeness (QED) is 0.582. The molecular weight excluding hydrogens is 398 g/mol. The summed E-state index contributed by atoms with van der Waals surface area (Å²) in [7, 11) is 0. The van der Waals surface area contributed by atoms with Crippen LogP contribution in [-0.2, 0) is 4.79 Å². The fraction of sp³-hybridized carbons (Fsp3) is 0.100. The Morgan fingerprint density at radius 1 is 1.35 bits per heavy atom. The van der Waals surface area contributed by atoms with E-state index in [0.29, 0.717) is 28.0 Å². The van der Waals surface area contributed by atoms with Crippen LogP contribution in [0.4, 0.5) is 0 Å². The van der Waals surface area contributed by atoms with Crippen LogP contribution in [0.15, 0.2) is 51.4 Å². The minimum atomic E-state index is -1.24. The maximum Gasteiger partial charge on any atom is 0.223 e. The number of aliphatic carboxylic acids is 1. The molecule has 0 aliphatic heterocycles. The largest absolute Gasteiger partial charge is 0.550 e. The molecule has 1 aromatic heterocycles. The highest BCUT2D eigenvalue weighted by Crippen LogP contribution is 2.30. The summed E-state index contributed by atoms with van der Waals surface area (Å²) in [6.45, 7) is 0.0984. The first-order valence-electron chi connectivity index (χ1n) is 7.69. The van der Waals surface area contributed by atoms with Gasteiger partial charge in [0.15, 0.2) is 5.58 Å².